The number of ether oxygens (including phenoxy) is 1. The summed E-state index contributed by atoms with van der Waals surface area (Å²) < 4.78 is 5.08. The largest absolute Gasteiger partial charge is 0.462 e. The number of hydrogen-bond acceptors (Lipinski definition) is 5. The molecule has 27 heavy (non-hydrogen) atoms. The fourth-order valence-electron chi connectivity index (χ4n) is 2.34. The number of nitrogens with one attached hydrogen (secondary N) is 2. The van der Waals surface area contributed by atoms with Crippen LogP contribution in [0.3, 0.4) is 0 Å². The second kappa shape index (κ2) is 11.2. The number of aryl methyl sites for hydroxylation is 2. The van der Waals surface area contributed by atoms with Crippen molar-refractivity contribution in [3.8, 4) is 0 Å². The first-order valence-corrected chi connectivity index (χ1v) is 9.43. The monoisotopic (exact) mass is 502 g/mol. The van der Waals surface area contributed by atoms with Crippen molar-refractivity contribution in [3.05, 3.63) is 51.0 Å². The molecule has 2 N–H and O–H groups in total. The summed E-state index contributed by atoms with van der Waals surface area (Å²) in [5.74, 6) is 0.367. The first kappa shape index (κ1) is 23.4. The van der Waals surface area contributed by atoms with Crippen molar-refractivity contribution in [2.75, 3.05) is 13.7 Å². The lowest BCUT2D eigenvalue weighted by Crippen LogP contribution is -2.38. The number of aromatic nitrogens is 1. The average Bonchev–Trinajstić information content (AvgIpc) is 3.02. The molecule has 2 rings (SSSR count). The maximum absolute atomic E-state index is 12.0. The number of hydrogen-bond donors (Lipinski definition) is 2. The summed E-state index contributed by atoms with van der Waals surface area (Å²) in [4.78, 5) is 21.3. The second-order valence-corrected chi connectivity index (χ2v) is 7.00. The lowest BCUT2D eigenvalue weighted by atomic mass is 10.1. The van der Waals surface area contributed by atoms with Crippen LogP contribution in [-0.4, -0.2) is 30.6 Å². The minimum atomic E-state index is -0.317. The van der Waals surface area contributed by atoms with Gasteiger partial charge in [0.2, 0.25) is 0 Å². The van der Waals surface area contributed by atoms with E-state index in [1.807, 2.05) is 13.8 Å². The van der Waals surface area contributed by atoms with E-state index in [-0.39, 0.29) is 36.0 Å². The number of rotatable bonds is 6. The summed E-state index contributed by atoms with van der Waals surface area (Å²) in [5, 5.41) is 7.43. The van der Waals surface area contributed by atoms with Crippen LogP contribution in [0.1, 0.15) is 51.4 Å². The van der Waals surface area contributed by atoms with Gasteiger partial charge in [-0.25, -0.2) is 9.78 Å². The third kappa shape index (κ3) is 6.76. The van der Waals surface area contributed by atoms with Crippen LogP contribution in [0, 0.1) is 13.8 Å². The molecule has 0 fully saturated rings. The summed E-state index contributed by atoms with van der Waals surface area (Å²) >= 11 is 1.35. The molecule has 0 saturated carbocycles. The first-order chi connectivity index (χ1) is 12.4. The Morgan fingerprint density at radius 3 is 2.56 bits per heavy atom. The Morgan fingerprint density at radius 1 is 1.30 bits per heavy atom. The van der Waals surface area contributed by atoms with Gasteiger partial charge in [-0.15, -0.1) is 35.3 Å². The maximum Gasteiger partial charge on any atom is 0.350 e. The number of aliphatic imine (C=N–C) groups is 1. The van der Waals surface area contributed by atoms with E-state index in [0.717, 1.165) is 5.01 Å². The zero-order chi connectivity index (χ0) is 19.1. The minimum absolute atomic E-state index is 0. The molecule has 1 aromatic carbocycles. The van der Waals surface area contributed by atoms with Gasteiger partial charge in [0.05, 0.1) is 18.3 Å². The zero-order valence-corrected chi connectivity index (χ0v) is 19.5. The Kier molecular flexibility index (Phi) is 9.71. The molecule has 0 aliphatic heterocycles. The lowest BCUT2D eigenvalue weighted by Gasteiger charge is -2.16. The molecule has 1 atom stereocenters. The van der Waals surface area contributed by atoms with Crippen molar-refractivity contribution in [2.24, 2.45) is 4.99 Å². The fraction of sp³-hybridized carbons (Fsp3) is 0.421. The molecule has 1 heterocycles. The van der Waals surface area contributed by atoms with E-state index in [1.54, 1.807) is 14.0 Å². The van der Waals surface area contributed by atoms with Crippen LogP contribution < -0.4 is 10.6 Å². The van der Waals surface area contributed by atoms with Crippen molar-refractivity contribution in [1.29, 1.82) is 0 Å². The minimum Gasteiger partial charge on any atom is -0.462 e. The van der Waals surface area contributed by atoms with Crippen molar-refractivity contribution < 1.29 is 9.53 Å². The highest BCUT2D eigenvalue weighted by Gasteiger charge is 2.20. The standard InChI is InChI=1S/C19H26N4O2S.HI/c1-6-25-18(24)16-13(3)22-17(26-16)14(4)23-19(20-5)21-11-15-9-7-12(2)8-10-15;/h7-10,14H,6,11H2,1-5H3,(H2,20,21,23);1H. The number of nitrogens with zero attached hydrogens (tertiary/aromatic N) is 2. The number of thiazole rings is 1. The molecule has 0 amide bonds. The highest BCUT2D eigenvalue weighted by atomic mass is 127. The lowest BCUT2D eigenvalue weighted by molar-refractivity contribution is 0.0531. The van der Waals surface area contributed by atoms with Crippen LogP contribution in [-0.2, 0) is 11.3 Å². The highest BCUT2D eigenvalue weighted by molar-refractivity contribution is 14.0. The van der Waals surface area contributed by atoms with Gasteiger partial charge >= 0.3 is 5.97 Å². The molecule has 0 saturated heterocycles. The van der Waals surface area contributed by atoms with Crippen LogP contribution in [0.25, 0.3) is 0 Å². The van der Waals surface area contributed by atoms with E-state index < -0.39 is 0 Å². The van der Waals surface area contributed by atoms with Gasteiger partial charge < -0.3 is 15.4 Å². The molecule has 2 aromatic rings. The van der Waals surface area contributed by atoms with E-state index >= 15 is 0 Å². The summed E-state index contributed by atoms with van der Waals surface area (Å²) in [5.41, 5.74) is 3.11. The molecule has 1 aromatic heterocycles. The van der Waals surface area contributed by atoms with Gasteiger partial charge in [0, 0.05) is 13.6 Å². The fourth-order valence-corrected chi connectivity index (χ4v) is 3.30. The molecular weight excluding hydrogens is 475 g/mol. The molecule has 0 radical (unpaired) electrons. The number of halogens is 1. The topological polar surface area (TPSA) is 75.6 Å². The summed E-state index contributed by atoms with van der Waals surface area (Å²) in [7, 11) is 1.73. The second-order valence-electron chi connectivity index (χ2n) is 5.96. The smallest absolute Gasteiger partial charge is 0.350 e. The Labute approximate surface area is 181 Å². The summed E-state index contributed by atoms with van der Waals surface area (Å²) in [6.07, 6.45) is 0. The normalized spacial score (nSPS) is 12.1. The van der Waals surface area contributed by atoms with Gasteiger partial charge in [0.25, 0.3) is 0 Å². The van der Waals surface area contributed by atoms with Crippen molar-refractivity contribution in [2.45, 2.75) is 40.3 Å². The molecule has 148 valence electrons. The van der Waals surface area contributed by atoms with Crippen molar-refractivity contribution in [1.82, 2.24) is 15.6 Å². The number of guanidine groups is 1. The average molecular weight is 502 g/mol. The number of benzene rings is 1. The number of esters is 1. The zero-order valence-electron chi connectivity index (χ0n) is 16.3. The van der Waals surface area contributed by atoms with Crippen LogP contribution in [0.15, 0.2) is 29.3 Å². The number of carbonyl (C=O) groups is 1. The third-order valence-electron chi connectivity index (χ3n) is 3.80. The van der Waals surface area contributed by atoms with E-state index in [2.05, 4.69) is 51.8 Å². The quantitative estimate of drug-likeness (QED) is 0.271. The predicted octanol–water partition coefficient (Wildman–Crippen LogP) is 3.98. The van der Waals surface area contributed by atoms with Crippen LogP contribution in [0.4, 0.5) is 0 Å². The molecule has 8 heteroatoms. The highest BCUT2D eigenvalue weighted by Crippen LogP contribution is 2.24. The Hall–Kier alpha value is -1.68. The van der Waals surface area contributed by atoms with Gasteiger partial charge in [-0.05, 0) is 33.3 Å². The Bertz CT molecular complexity index is 775. The predicted molar refractivity (Wildman–Crippen MR) is 121 cm³/mol. The molecule has 0 aliphatic rings. The van der Waals surface area contributed by atoms with Gasteiger partial charge in [-0.1, -0.05) is 29.8 Å². The Balaban J connectivity index is 0.00000364. The van der Waals surface area contributed by atoms with Gasteiger partial charge in [-0.3, -0.25) is 4.99 Å². The van der Waals surface area contributed by atoms with E-state index in [9.17, 15) is 4.79 Å². The van der Waals surface area contributed by atoms with Gasteiger partial charge in [-0.2, -0.15) is 0 Å². The van der Waals surface area contributed by atoms with Gasteiger partial charge in [0.15, 0.2) is 5.96 Å². The molecule has 0 aliphatic carbocycles. The van der Waals surface area contributed by atoms with Crippen LogP contribution in [0.5, 0.6) is 0 Å². The van der Waals surface area contributed by atoms with E-state index in [0.29, 0.717) is 29.7 Å². The van der Waals surface area contributed by atoms with Crippen LogP contribution in [0.2, 0.25) is 0 Å². The van der Waals surface area contributed by atoms with E-state index in [1.165, 1.54) is 22.5 Å². The van der Waals surface area contributed by atoms with Crippen molar-refractivity contribution in [3.63, 3.8) is 0 Å². The summed E-state index contributed by atoms with van der Waals surface area (Å²) in [6, 6.07) is 8.28. The number of carbonyl (C=O) groups excluding carboxylic acids is 1. The van der Waals surface area contributed by atoms with E-state index in [4.69, 9.17) is 4.74 Å². The SMILES string of the molecule is CCOC(=O)c1sc(C(C)NC(=NC)NCc2ccc(C)cc2)nc1C.I. The third-order valence-corrected chi connectivity index (χ3v) is 5.12. The Morgan fingerprint density at radius 2 is 1.96 bits per heavy atom. The molecule has 0 bridgehead atoms. The van der Waals surface area contributed by atoms with Gasteiger partial charge in [0.1, 0.15) is 9.88 Å². The van der Waals surface area contributed by atoms with Crippen LogP contribution >= 0.6 is 35.3 Å². The molecule has 6 nitrogen and oxygen atoms in total. The summed E-state index contributed by atoms with van der Waals surface area (Å²) in [6.45, 7) is 8.71. The molecule has 0 spiro atoms. The first-order valence-electron chi connectivity index (χ1n) is 8.61. The maximum atomic E-state index is 12.0. The molecular formula is C19H27IN4O2S. The van der Waals surface area contributed by atoms with Crippen molar-refractivity contribution >= 4 is 47.2 Å². The molecule has 1 unspecified atom stereocenters.